The van der Waals surface area contributed by atoms with Crippen LogP contribution in [0.4, 0.5) is 4.79 Å². The van der Waals surface area contributed by atoms with Crippen LogP contribution in [0.1, 0.15) is 149 Å². The number of allylic oxidation sites excluding steroid dienone is 2. The van der Waals surface area contributed by atoms with Gasteiger partial charge < -0.3 is 34.1 Å². The number of phosphoric acid groups is 1. The molecule has 1 amide bonds. The van der Waals surface area contributed by atoms with E-state index in [2.05, 4.69) is 44.5 Å². The zero-order valence-electron chi connectivity index (χ0n) is 36.9. The predicted octanol–water partition coefficient (Wildman–Crippen LogP) is 12.3. The summed E-state index contributed by atoms with van der Waals surface area (Å²) >= 11 is 17.4. The van der Waals surface area contributed by atoms with E-state index in [1.807, 2.05) is 0 Å². The summed E-state index contributed by atoms with van der Waals surface area (Å²) in [4.78, 5) is 12.9. The summed E-state index contributed by atoms with van der Waals surface area (Å²) < 4.78 is 58.3. The fraction of sp³-hybridized carbons (Fsp3) is 0.841. The van der Waals surface area contributed by atoms with Crippen LogP contribution in [0.5, 0.6) is 0 Å². The number of aliphatic hydroxyl groups excluding tert-OH is 1. The number of phosphoric ester groups is 1. The molecule has 1 rings (SSSR count). The molecule has 0 aromatic heterocycles. The van der Waals surface area contributed by atoms with Crippen molar-refractivity contribution in [3.63, 3.8) is 0 Å². The van der Waals surface area contributed by atoms with Gasteiger partial charge in [0.25, 0.3) is 0 Å². The Labute approximate surface area is 377 Å². The van der Waals surface area contributed by atoms with Crippen molar-refractivity contribution in [3.05, 3.63) is 37.5 Å². The van der Waals surface area contributed by atoms with E-state index in [0.717, 1.165) is 44.9 Å². The van der Waals surface area contributed by atoms with Crippen LogP contribution in [0.15, 0.2) is 37.5 Å². The van der Waals surface area contributed by atoms with E-state index in [1.165, 1.54) is 103 Å². The number of unbranched alkanes of at least 4 members (excludes halogenated alkanes) is 16. The van der Waals surface area contributed by atoms with Gasteiger partial charge >= 0.3 is 13.9 Å². The number of hydrogen-bond donors (Lipinski definition) is 2. The number of aliphatic hydroxyl groups is 1. The molecule has 1 aliphatic rings. The Morgan fingerprint density at radius 2 is 1.35 bits per heavy atom. The number of nitrogens with one attached hydrogen (secondary N) is 1. The van der Waals surface area contributed by atoms with Crippen molar-refractivity contribution in [1.82, 2.24) is 5.32 Å². The van der Waals surface area contributed by atoms with Gasteiger partial charge in [0.05, 0.1) is 25.9 Å². The number of halogens is 3. The summed E-state index contributed by atoms with van der Waals surface area (Å²) in [5.74, 6) is 0. The molecule has 0 aromatic carbocycles. The number of carbonyl (C=O) groups is 1. The first kappa shape index (κ1) is 57.3. The SMILES string of the molecule is C=CCOP(=O)(OCC=C)O[C@H]1[C@H](OCC[C@@H](CCCCCCCCCCC)OCCCCCC/C=C\CCCCCC)[C@@H](NC(=O)OCC(Cl)(Cl)Cl)C(O)O[C@@H]1COC. The molecule has 1 saturated heterocycles. The third-order valence-corrected chi connectivity index (χ3v) is 11.7. The number of hydrogen-bond acceptors (Lipinski definition) is 11. The molecule has 1 fully saturated rings. The van der Waals surface area contributed by atoms with Gasteiger partial charge in [0, 0.05) is 20.3 Å². The number of amides is 1. The van der Waals surface area contributed by atoms with Crippen molar-refractivity contribution < 1.29 is 51.7 Å². The molecule has 1 heterocycles. The highest BCUT2D eigenvalue weighted by atomic mass is 35.6. The quantitative estimate of drug-likeness (QED) is 0.0263. The van der Waals surface area contributed by atoms with Gasteiger partial charge in [0.2, 0.25) is 3.79 Å². The van der Waals surface area contributed by atoms with Crippen molar-refractivity contribution in [2.45, 2.75) is 189 Å². The highest BCUT2D eigenvalue weighted by Crippen LogP contribution is 2.52. The lowest BCUT2D eigenvalue weighted by Crippen LogP contribution is -2.65. The number of methoxy groups -OCH3 is 1. The average molecular weight is 935 g/mol. The van der Waals surface area contributed by atoms with E-state index in [-0.39, 0.29) is 32.5 Å². The van der Waals surface area contributed by atoms with Gasteiger partial charge in [0.1, 0.15) is 31.0 Å². The van der Waals surface area contributed by atoms with Gasteiger partial charge in [-0.15, -0.1) is 13.2 Å². The van der Waals surface area contributed by atoms with Crippen LogP contribution >= 0.6 is 42.6 Å². The Morgan fingerprint density at radius 3 is 1.92 bits per heavy atom. The van der Waals surface area contributed by atoms with Crippen LogP contribution in [0.2, 0.25) is 0 Å². The van der Waals surface area contributed by atoms with Crippen LogP contribution in [-0.2, 0) is 41.8 Å². The third-order valence-electron chi connectivity index (χ3n) is 9.99. The lowest BCUT2D eigenvalue weighted by Gasteiger charge is -2.44. The fourth-order valence-corrected chi connectivity index (χ4v) is 8.27. The topological polar surface area (TPSA) is 140 Å². The number of rotatable bonds is 39. The Hall–Kier alpha value is -0.730. The number of alkyl carbamates (subject to hydrolysis) is 1. The van der Waals surface area contributed by atoms with Gasteiger partial charge in [0.15, 0.2) is 6.29 Å². The van der Waals surface area contributed by atoms with Crippen molar-refractivity contribution in [2.75, 3.05) is 46.8 Å². The molecule has 1 unspecified atom stereocenters. The maximum absolute atomic E-state index is 13.9. The van der Waals surface area contributed by atoms with E-state index >= 15 is 0 Å². The first-order valence-corrected chi connectivity index (χ1v) is 25.0. The second-order valence-corrected chi connectivity index (χ2v) is 19.5. The van der Waals surface area contributed by atoms with Crippen molar-refractivity contribution in [1.29, 1.82) is 0 Å². The largest absolute Gasteiger partial charge is 0.475 e. The molecule has 16 heteroatoms. The minimum Gasteiger partial charge on any atom is -0.445 e. The monoisotopic (exact) mass is 933 g/mol. The summed E-state index contributed by atoms with van der Waals surface area (Å²) in [6, 6.07) is -1.30. The number of alkyl halides is 3. The van der Waals surface area contributed by atoms with Crippen LogP contribution < -0.4 is 5.32 Å². The molecule has 12 nitrogen and oxygen atoms in total. The summed E-state index contributed by atoms with van der Waals surface area (Å²) in [5, 5.41) is 13.8. The van der Waals surface area contributed by atoms with Crippen molar-refractivity contribution >= 4 is 48.7 Å². The van der Waals surface area contributed by atoms with Gasteiger partial charge in [-0.1, -0.05) is 163 Å². The molecule has 6 atom stereocenters. The Kier molecular flexibility index (Phi) is 34.9. The molecule has 0 aromatic rings. The maximum atomic E-state index is 13.9. The molecular formula is C44H79Cl3NO11P. The second-order valence-electron chi connectivity index (χ2n) is 15.3. The van der Waals surface area contributed by atoms with Gasteiger partial charge in [-0.3, -0.25) is 13.6 Å². The van der Waals surface area contributed by atoms with E-state index in [9.17, 15) is 14.5 Å². The normalized spacial score (nSPS) is 20.4. The first-order valence-electron chi connectivity index (χ1n) is 22.4. The highest BCUT2D eigenvalue weighted by molar-refractivity contribution is 7.48. The second kappa shape index (κ2) is 36.6. The summed E-state index contributed by atoms with van der Waals surface area (Å²) in [6.45, 7) is 11.5. The predicted molar refractivity (Wildman–Crippen MR) is 243 cm³/mol. The summed E-state index contributed by atoms with van der Waals surface area (Å²) in [6.07, 6.45) is 25.4. The molecule has 0 bridgehead atoms. The smallest absolute Gasteiger partial charge is 0.445 e. The lowest BCUT2D eigenvalue weighted by molar-refractivity contribution is -0.260. The van der Waals surface area contributed by atoms with Crippen LogP contribution in [0.3, 0.4) is 0 Å². The zero-order valence-corrected chi connectivity index (χ0v) is 40.1. The standard InChI is InChI=1S/C44H79Cl3NO11P/c1-6-10-12-14-16-18-19-20-22-24-26-28-33-53-37(29-27-25-23-21-17-15-13-11-7-2)30-34-54-41-39(48-43(50)55-36-44(45,46)47)42(49)58-38(35-52-5)40(41)59-60(51,56-31-8-3)57-32-9-4/h8-9,18-19,37-42,49H,3-4,6-7,10-17,20-36H2,1-2,5H3,(H,48,50)/b19-18-/t37-,38-,39-,40-,41-,42?/m1/s1. The third kappa shape index (κ3) is 28.9. The Morgan fingerprint density at radius 1 is 0.800 bits per heavy atom. The molecule has 1 aliphatic heterocycles. The lowest BCUT2D eigenvalue weighted by atomic mass is 9.96. The average Bonchev–Trinajstić information content (AvgIpc) is 3.21. The molecule has 352 valence electrons. The summed E-state index contributed by atoms with van der Waals surface area (Å²) in [7, 11) is -2.89. The molecule has 0 spiro atoms. The van der Waals surface area contributed by atoms with E-state index in [1.54, 1.807) is 0 Å². The van der Waals surface area contributed by atoms with Gasteiger partial charge in [-0.2, -0.15) is 0 Å². The molecule has 60 heavy (non-hydrogen) atoms. The van der Waals surface area contributed by atoms with E-state index in [0.29, 0.717) is 13.0 Å². The minimum absolute atomic E-state index is 0.0947. The van der Waals surface area contributed by atoms with Crippen LogP contribution in [0, 0.1) is 0 Å². The highest BCUT2D eigenvalue weighted by Gasteiger charge is 2.51. The van der Waals surface area contributed by atoms with E-state index in [4.69, 9.17) is 72.1 Å². The maximum Gasteiger partial charge on any atom is 0.475 e. The zero-order chi connectivity index (χ0) is 44.3. The van der Waals surface area contributed by atoms with Gasteiger partial charge in [-0.05, 0) is 44.9 Å². The Bertz CT molecular complexity index is 1150. The number of carbonyl (C=O) groups excluding carboxylic acids is 1. The van der Waals surface area contributed by atoms with Crippen LogP contribution in [-0.4, -0.2) is 98.5 Å². The van der Waals surface area contributed by atoms with E-state index < -0.39 is 55.0 Å². The molecule has 0 radical (unpaired) electrons. The van der Waals surface area contributed by atoms with Crippen LogP contribution in [0.25, 0.3) is 0 Å². The molecule has 2 N–H and O–H groups in total. The molecule has 0 aliphatic carbocycles. The van der Waals surface area contributed by atoms with Gasteiger partial charge in [-0.25, -0.2) is 9.36 Å². The Balaban J connectivity index is 3.10. The molecular weight excluding hydrogens is 856 g/mol. The van der Waals surface area contributed by atoms with Crippen molar-refractivity contribution in [3.8, 4) is 0 Å². The molecule has 0 saturated carbocycles. The first-order chi connectivity index (χ1) is 28.9. The van der Waals surface area contributed by atoms with Crippen molar-refractivity contribution in [2.24, 2.45) is 0 Å². The fourth-order valence-electron chi connectivity index (χ4n) is 6.78. The number of ether oxygens (including phenoxy) is 5. The minimum atomic E-state index is -4.32. The summed E-state index contributed by atoms with van der Waals surface area (Å²) in [5.41, 5.74) is 0.